The van der Waals surface area contributed by atoms with Gasteiger partial charge in [0.15, 0.2) is 0 Å². The Morgan fingerprint density at radius 2 is 2.05 bits per heavy atom. The summed E-state index contributed by atoms with van der Waals surface area (Å²) in [6.07, 6.45) is 4.41. The molecule has 1 heterocycles. The second-order valence-corrected chi connectivity index (χ2v) is 6.29. The van der Waals surface area contributed by atoms with Crippen molar-refractivity contribution in [3.63, 3.8) is 0 Å². The number of hydrogen-bond acceptors (Lipinski definition) is 3. The highest BCUT2D eigenvalue weighted by molar-refractivity contribution is 7.99. The van der Waals surface area contributed by atoms with Crippen molar-refractivity contribution in [3.8, 4) is 0 Å². The van der Waals surface area contributed by atoms with E-state index < -0.39 is 0 Å². The topological polar surface area (TPSA) is 25.2 Å². The average molecular weight is 273 g/mol. The van der Waals surface area contributed by atoms with Crippen molar-refractivity contribution in [2.45, 2.75) is 49.1 Å². The van der Waals surface area contributed by atoms with Gasteiger partial charge in [0.1, 0.15) is 5.76 Å². The predicted octanol–water partition coefficient (Wildman–Crippen LogP) is 4.30. The van der Waals surface area contributed by atoms with Crippen LogP contribution in [0.25, 0.3) is 0 Å². The maximum atomic E-state index is 5.37. The number of benzene rings is 1. The van der Waals surface area contributed by atoms with E-state index in [0.717, 1.165) is 18.3 Å². The molecule has 1 fully saturated rings. The molecule has 1 N–H and O–H groups in total. The predicted molar refractivity (Wildman–Crippen MR) is 78.6 cm³/mol. The zero-order valence-corrected chi connectivity index (χ0v) is 12.2. The summed E-state index contributed by atoms with van der Waals surface area (Å²) >= 11 is 1.79. The van der Waals surface area contributed by atoms with Crippen LogP contribution in [0.5, 0.6) is 0 Å². The molecule has 3 heteroatoms. The first-order valence-electron chi connectivity index (χ1n) is 6.77. The first kappa shape index (κ1) is 12.8. The Labute approximate surface area is 118 Å². The molecule has 0 atom stereocenters. The molecule has 0 unspecified atom stereocenters. The lowest BCUT2D eigenvalue weighted by molar-refractivity contribution is 0.527. The molecule has 0 bridgehead atoms. The van der Waals surface area contributed by atoms with Gasteiger partial charge in [-0.05, 0) is 44.4 Å². The fraction of sp³-hybridized carbons (Fsp3) is 0.375. The largest absolute Gasteiger partial charge is 0.468 e. The van der Waals surface area contributed by atoms with Gasteiger partial charge >= 0.3 is 0 Å². The summed E-state index contributed by atoms with van der Waals surface area (Å²) < 4.78 is 5.37. The Hall–Kier alpha value is -1.19. The van der Waals surface area contributed by atoms with Crippen LogP contribution < -0.4 is 5.32 Å². The summed E-state index contributed by atoms with van der Waals surface area (Å²) in [7, 11) is 0. The van der Waals surface area contributed by atoms with Crippen LogP contribution in [0.2, 0.25) is 0 Å². The molecule has 1 aliphatic rings. The van der Waals surface area contributed by atoms with Crippen LogP contribution in [0.1, 0.15) is 29.7 Å². The third kappa shape index (κ3) is 3.23. The van der Waals surface area contributed by atoms with Crippen molar-refractivity contribution >= 4 is 11.8 Å². The molecule has 0 saturated heterocycles. The van der Waals surface area contributed by atoms with Gasteiger partial charge in [-0.15, -0.1) is 0 Å². The highest BCUT2D eigenvalue weighted by Crippen LogP contribution is 2.34. The lowest BCUT2D eigenvalue weighted by Gasteiger charge is -2.11. The molecule has 0 aliphatic heterocycles. The van der Waals surface area contributed by atoms with Crippen molar-refractivity contribution in [1.29, 1.82) is 0 Å². The van der Waals surface area contributed by atoms with Gasteiger partial charge in [-0.25, -0.2) is 0 Å². The molecule has 1 aliphatic carbocycles. The average Bonchev–Trinajstić information content (AvgIpc) is 3.14. The van der Waals surface area contributed by atoms with Gasteiger partial charge in [0, 0.05) is 17.5 Å². The van der Waals surface area contributed by atoms with Gasteiger partial charge in [0.25, 0.3) is 0 Å². The van der Waals surface area contributed by atoms with Crippen LogP contribution in [-0.4, -0.2) is 6.04 Å². The molecule has 1 aromatic carbocycles. The maximum absolute atomic E-state index is 5.37. The Bertz CT molecular complexity index is 572. The summed E-state index contributed by atoms with van der Waals surface area (Å²) in [6, 6.07) is 9.47. The van der Waals surface area contributed by atoms with E-state index in [-0.39, 0.29) is 0 Å². The Balaban J connectivity index is 1.80. The monoisotopic (exact) mass is 273 g/mol. The van der Waals surface area contributed by atoms with Crippen LogP contribution in [0.15, 0.2) is 44.7 Å². The minimum absolute atomic E-state index is 0.744. The lowest BCUT2D eigenvalue weighted by Crippen LogP contribution is -2.15. The number of nitrogens with one attached hydrogen (secondary N) is 1. The van der Waals surface area contributed by atoms with E-state index in [0.29, 0.717) is 0 Å². The summed E-state index contributed by atoms with van der Waals surface area (Å²) in [5.74, 6) is 0.992. The van der Waals surface area contributed by atoms with Gasteiger partial charge in [-0.2, -0.15) is 0 Å². The molecular formula is C16H19NOS. The second kappa shape index (κ2) is 5.43. The molecule has 2 nitrogen and oxygen atoms in total. The minimum atomic E-state index is 0.744. The first-order valence-corrected chi connectivity index (χ1v) is 7.59. The lowest BCUT2D eigenvalue weighted by atomic mass is 10.1. The molecule has 0 spiro atoms. The molecule has 0 radical (unpaired) electrons. The zero-order valence-electron chi connectivity index (χ0n) is 11.4. The Morgan fingerprint density at radius 3 is 2.74 bits per heavy atom. The second-order valence-electron chi connectivity index (χ2n) is 5.21. The van der Waals surface area contributed by atoms with Crippen molar-refractivity contribution in [3.05, 3.63) is 47.4 Å². The number of rotatable bonds is 5. The maximum Gasteiger partial charge on any atom is 0.114 e. The number of hydrogen-bond donors (Lipinski definition) is 1. The van der Waals surface area contributed by atoms with E-state index in [1.54, 1.807) is 18.0 Å². The molecular weight excluding hydrogens is 254 g/mol. The normalized spacial score (nSPS) is 14.8. The Morgan fingerprint density at radius 1 is 1.21 bits per heavy atom. The molecule has 1 saturated carbocycles. The van der Waals surface area contributed by atoms with Gasteiger partial charge in [-0.3, -0.25) is 0 Å². The molecule has 19 heavy (non-hydrogen) atoms. The van der Waals surface area contributed by atoms with Crippen LogP contribution in [-0.2, 0) is 6.54 Å². The van der Waals surface area contributed by atoms with E-state index in [4.69, 9.17) is 4.42 Å². The first-order chi connectivity index (χ1) is 9.22. The van der Waals surface area contributed by atoms with Crippen molar-refractivity contribution in [1.82, 2.24) is 5.32 Å². The minimum Gasteiger partial charge on any atom is -0.468 e. The van der Waals surface area contributed by atoms with E-state index >= 15 is 0 Å². The summed E-state index contributed by atoms with van der Waals surface area (Å²) in [5.41, 5.74) is 2.71. The van der Waals surface area contributed by atoms with E-state index in [2.05, 4.69) is 30.4 Å². The third-order valence-electron chi connectivity index (χ3n) is 3.41. The van der Waals surface area contributed by atoms with Crippen LogP contribution in [0.3, 0.4) is 0 Å². The fourth-order valence-electron chi connectivity index (χ4n) is 2.09. The van der Waals surface area contributed by atoms with Crippen molar-refractivity contribution < 1.29 is 4.42 Å². The van der Waals surface area contributed by atoms with E-state index in [1.807, 2.05) is 13.0 Å². The van der Waals surface area contributed by atoms with Crippen molar-refractivity contribution in [2.75, 3.05) is 0 Å². The molecule has 0 amide bonds. The Kier molecular flexibility index (Phi) is 3.67. The van der Waals surface area contributed by atoms with E-state index in [9.17, 15) is 0 Å². The summed E-state index contributed by atoms with van der Waals surface area (Å²) in [6.45, 7) is 5.13. The number of furan rings is 1. The SMILES string of the molecule is Cc1ccc(Sc2ccoc2C)c(CNC2CC2)c1. The fourth-order valence-corrected chi connectivity index (χ4v) is 3.04. The van der Waals surface area contributed by atoms with Gasteiger partial charge in [-0.1, -0.05) is 29.5 Å². The van der Waals surface area contributed by atoms with Gasteiger partial charge < -0.3 is 9.73 Å². The molecule has 2 aromatic rings. The highest BCUT2D eigenvalue weighted by atomic mass is 32.2. The summed E-state index contributed by atoms with van der Waals surface area (Å²) in [5, 5.41) is 3.60. The van der Waals surface area contributed by atoms with Crippen molar-refractivity contribution in [2.24, 2.45) is 0 Å². The van der Waals surface area contributed by atoms with Gasteiger partial charge in [0.2, 0.25) is 0 Å². The quantitative estimate of drug-likeness (QED) is 0.879. The smallest absolute Gasteiger partial charge is 0.114 e. The molecule has 1 aromatic heterocycles. The molecule has 3 rings (SSSR count). The highest BCUT2D eigenvalue weighted by Gasteiger charge is 2.20. The zero-order chi connectivity index (χ0) is 13.2. The van der Waals surface area contributed by atoms with E-state index in [1.165, 1.54) is 33.8 Å². The standard InChI is InChI=1S/C16H19NOS/c1-11-3-6-16(19-15-7-8-18-12(15)2)13(9-11)10-17-14-4-5-14/h3,6-9,14,17H,4-5,10H2,1-2H3. The third-order valence-corrected chi connectivity index (χ3v) is 4.67. The van der Waals surface area contributed by atoms with Gasteiger partial charge in [0.05, 0.1) is 11.2 Å². The van der Waals surface area contributed by atoms with Crippen LogP contribution >= 0.6 is 11.8 Å². The van der Waals surface area contributed by atoms with Crippen LogP contribution in [0, 0.1) is 13.8 Å². The molecule has 100 valence electrons. The van der Waals surface area contributed by atoms with Crippen LogP contribution in [0.4, 0.5) is 0 Å². The number of aryl methyl sites for hydroxylation is 2. The summed E-state index contributed by atoms with van der Waals surface area (Å²) in [4.78, 5) is 2.53.